The van der Waals surface area contributed by atoms with Crippen molar-refractivity contribution in [2.75, 3.05) is 28.3 Å². The van der Waals surface area contributed by atoms with E-state index in [9.17, 15) is 34.0 Å². The average Bonchev–Trinajstić information content (AvgIpc) is 3.20. The number of hydrogen-bond donors (Lipinski definition) is 4. The van der Waals surface area contributed by atoms with Crippen LogP contribution in [0.1, 0.15) is 43.0 Å². The molecule has 0 aliphatic carbocycles. The van der Waals surface area contributed by atoms with Gasteiger partial charge in [0, 0.05) is 39.4 Å². The van der Waals surface area contributed by atoms with Gasteiger partial charge in [0.15, 0.2) is 11.5 Å². The smallest absolute Gasteiger partial charge is 0.245 e. The van der Waals surface area contributed by atoms with Gasteiger partial charge in [0.1, 0.15) is 47.8 Å². The molecule has 300 valence electrons. The molecule has 3 aromatic carbocycles. The Labute approximate surface area is 330 Å². The Morgan fingerprint density at radius 1 is 0.719 bits per heavy atom. The first kappa shape index (κ1) is 41.5. The summed E-state index contributed by atoms with van der Waals surface area (Å²) in [5.74, 6) is -2.52. The number of rotatable bonds is 4. The number of amides is 6. The molecule has 3 aromatic rings. The molecule has 1 fully saturated rings. The number of carbonyl (C=O) groups is 6. The molecule has 16 nitrogen and oxygen atoms in total. The first-order valence-corrected chi connectivity index (χ1v) is 18.4. The summed E-state index contributed by atoms with van der Waals surface area (Å²) in [6.07, 6.45) is -0.175. The molecule has 57 heavy (non-hydrogen) atoms. The molecule has 0 aromatic heterocycles. The second-order valence-corrected chi connectivity index (χ2v) is 14.2. The summed E-state index contributed by atoms with van der Waals surface area (Å²) < 4.78 is 16.9. The van der Waals surface area contributed by atoms with Crippen molar-refractivity contribution >= 4 is 35.4 Å². The van der Waals surface area contributed by atoms with Crippen LogP contribution in [0.25, 0.3) is 0 Å². The Hall–Kier alpha value is -6.63. The lowest BCUT2D eigenvalue weighted by Gasteiger charge is -2.34. The van der Waals surface area contributed by atoms with Gasteiger partial charge in [-0.2, -0.15) is 5.26 Å². The van der Waals surface area contributed by atoms with Gasteiger partial charge in [0.2, 0.25) is 35.4 Å². The van der Waals surface area contributed by atoms with Crippen molar-refractivity contribution < 1.29 is 43.0 Å². The van der Waals surface area contributed by atoms with Gasteiger partial charge in [-0.1, -0.05) is 24.3 Å². The topological polar surface area (TPSA) is 208 Å². The Kier molecular flexibility index (Phi) is 13.0. The second kappa shape index (κ2) is 17.9. The van der Waals surface area contributed by atoms with Crippen LogP contribution in [0.15, 0.2) is 60.7 Å². The van der Waals surface area contributed by atoms with E-state index < -0.39 is 71.7 Å². The minimum absolute atomic E-state index is 0.00451. The molecule has 0 saturated carbocycles. The summed E-state index contributed by atoms with van der Waals surface area (Å²) in [6.45, 7) is 4.34. The standard InChI is InChI=1S/C41H47N7O9/c1-22-36(49)44-23(2)40(53)47(4)32(16-25-8-12-29(55-6)13-9-25)38(51)45-24(3)41(54)48(5)33-17-26-10-14-30(15-11-26)57-35-19-27(28(21-42)20-34(35)56-7)18-31(37(50)43-22)46-39(33)52/h8-15,19-20,22-24,31-33H,16-18H2,1-7H3,(H,43,50)(H,44,49)(H,45,51)(H,46,52). The monoisotopic (exact) mass is 781 g/mol. The highest BCUT2D eigenvalue weighted by Crippen LogP contribution is 2.35. The number of nitrogens with zero attached hydrogens (tertiary/aromatic N) is 3. The normalized spacial score (nSPS) is 23.8. The maximum absolute atomic E-state index is 14.4. The van der Waals surface area contributed by atoms with Crippen LogP contribution in [-0.2, 0) is 48.0 Å². The van der Waals surface area contributed by atoms with E-state index in [4.69, 9.17) is 14.2 Å². The lowest BCUT2D eigenvalue weighted by molar-refractivity contribution is -0.145. The highest BCUT2D eigenvalue weighted by Gasteiger charge is 2.37. The van der Waals surface area contributed by atoms with Crippen molar-refractivity contribution in [3.8, 4) is 29.1 Å². The number of methoxy groups -OCH3 is 2. The van der Waals surface area contributed by atoms with Crippen molar-refractivity contribution in [1.82, 2.24) is 31.1 Å². The van der Waals surface area contributed by atoms with Crippen molar-refractivity contribution in [2.24, 2.45) is 0 Å². The van der Waals surface area contributed by atoms with E-state index in [2.05, 4.69) is 27.3 Å². The Morgan fingerprint density at radius 2 is 1.33 bits per heavy atom. The van der Waals surface area contributed by atoms with Crippen molar-refractivity contribution in [1.29, 1.82) is 5.26 Å². The highest BCUT2D eigenvalue weighted by molar-refractivity contribution is 5.98. The molecular weight excluding hydrogens is 734 g/mol. The predicted octanol–water partition coefficient (Wildman–Crippen LogP) is 1.38. The molecule has 3 heterocycles. The number of benzene rings is 3. The van der Waals surface area contributed by atoms with Crippen molar-refractivity contribution in [3.05, 3.63) is 82.9 Å². The van der Waals surface area contributed by atoms with Crippen molar-refractivity contribution in [3.63, 3.8) is 0 Å². The summed E-state index contributed by atoms with van der Waals surface area (Å²) in [5.41, 5.74) is 1.80. The predicted molar refractivity (Wildman–Crippen MR) is 206 cm³/mol. The van der Waals surface area contributed by atoms with E-state index in [1.807, 2.05) is 0 Å². The summed E-state index contributed by atoms with van der Waals surface area (Å²) in [6, 6.07) is 11.6. The molecule has 6 amide bonds. The molecule has 6 bridgehead atoms. The number of nitriles is 1. The van der Waals surface area contributed by atoms with E-state index in [0.29, 0.717) is 28.2 Å². The van der Waals surface area contributed by atoms with Crippen LogP contribution in [0.2, 0.25) is 0 Å². The molecule has 6 unspecified atom stereocenters. The van der Waals surface area contributed by atoms with E-state index in [1.54, 1.807) is 54.6 Å². The van der Waals surface area contributed by atoms with Gasteiger partial charge in [-0.05, 0) is 67.8 Å². The van der Waals surface area contributed by atoms with Crippen LogP contribution in [0.4, 0.5) is 0 Å². The largest absolute Gasteiger partial charge is 0.497 e. The zero-order valence-electron chi connectivity index (χ0n) is 32.9. The highest BCUT2D eigenvalue weighted by atomic mass is 16.5. The maximum Gasteiger partial charge on any atom is 0.245 e. The Balaban J connectivity index is 1.58. The third-order valence-corrected chi connectivity index (χ3v) is 10.2. The molecule has 3 aliphatic rings. The third-order valence-electron chi connectivity index (χ3n) is 10.2. The van der Waals surface area contributed by atoms with Crippen molar-refractivity contribution in [2.45, 2.75) is 76.3 Å². The molecular formula is C41H47N7O9. The quantitative estimate of drug-likeness (QED) is 0.299. The number of ether oxygens (including phenoxy) is 3. The lowest BCUT2D eigenvalue weighted by atomic mass is 9.97. The Morgan fingerprint density at radius 3 is 1.95 bits per heavy atom. The number of hydrogen-bond acceptors (Lipinski definition) is 10. The Bertz CT molecular complexity index is 2070. The zero-order valence-corrected chi connectivity index (χ0v) is 32.9. The van der Waals surface area contributed by atoms with Gasteiger partial charge in [-0.15, -0.1) is 0 Å². The van der Waals surface area contributed by atoms with Crippen LogP contribution in [0, 0.1) is 11.3 Å². The summed E-state index contributed by atoms with van der Waals surface area (Å²) in [7, 11) is 5.80. The van der Waals surface area contributed by atoms with Crippen LogP contribution in [0.5, 0.6) is 23.0 Å². The zero-order chi connectivity index (χ0) is 41.6. The number of likely N-dealkylation sites (N-methyl/N-ethyl adjacent to an activating group) is 2. The summed E-state index contributed by atoms with van der Waals surface area (Å²) in [4.78, 5) is 86.3. The van der Waals surface area contributed by atoms with Gasteiger partial charge in [0.05, 0.1) is 25.9 Å². The van der Waals surface area contributed by atoms with Crippen LogP contribution < -0.4 is 35.5 Å². The number of fused-ring (bicyclic) bond motifs is 2. The van der Waals surface area contributed by atoms with Crippen LogP contribution >= 0.6 is 0 Å². The van der Waals surface area contributed by atoms with E-state index >= 15 is 0 Å². The molecule has 4 N–H and O–H groups in total. The second-order valence-electron chi connectivity index (χ2n) is 14.2. The SMILES string of the molecule is COc1ccc(CC2C(=O)NC(C)C(=O)N(C)C3Cc4ccc(cc4)Oc4cc(c(C#N)cc4OC)CC(NC3=O)C(=O)NC(C)C(=O)NC(C)C(=O)N2C)cc1. The van der Waals surface area contributed by atoms with E-state index in [0.717, 1.165) is 0 Å². The fourth-order valence-corrected chi connectivity index (χ4v) is 6.72. The minimum atomic E-state index is -1.36. The minimum Gasteiger partial charge on any atom is -0.497 e. The third kappa shape index (κ3) is 9.61. The van der Waals surface area contributed by atoms with Gasteiger partial charge in [-0.3, -0.25) is 28.8 Å². The molecule has 0 radical (unpaired) electrons. The number of carbonyl (C=O) groups excluding carboxylic acids is 6. The average molecular weight is 782 g/mol. The summed E-state index contributed by atoms with van der Waals surface area (Å²) in [5, 5.41) is 20.8. The molecule has 6 rings (SSSR count). The number of nitrogens with one attached hydrogen (secondary N) is 4. The van der Waals surface area contributed by atoms with Gasteiger partial charge in [0.25, 0.3) is 0 Å². The molecule has 16 heteroatoms. The van der Waals surface area contributed by atoms with E-state index in [-0.39, 0.29) is 36.3 Å². The van der Waals surface area contributed by atoms with Crippen LogP contribution in [-0.4, -0.2) is 110 Å². The van der Waals surface area contributed by atoms with Gasteiger partial charge < -0.3 is 45.3 Å². The van der Waals surface area contributed by atoms with Gasteiger partial charge >= 0.3 is 0 Å². The molecule has 1 saturated heterocycles. The lowest BCUT2D eigenvalue weighted by Crippen LogP contribution is -2.61. The van der Waals surface area contributed by atoms with Gasteiger partial charge in [-0.25, -0.2) is 0 Å². The fraction of sp³-hybridized carbons (Fsp3) is 0.390. The molecule has 3 aliphatic heterocycles. The van der Waals surface area contributed by atoms with Crippen LogP contribution in [0.3, 0.4) is 0 Å². The maximum atomic E-state index is 14.4. The first-order valence-electron chi connectivity index (χ1n) is 18.4. The molecule has 6 atom stereocenters. The summed E-state index contributed by atoms with van der Waals surface area (Å²) >= 11 is 0. The first-order chi connectivity index (χ1) is 27.1. The molecule has 0 spiro atoms. The van der Waals surface area contributed by atoms with E-state index in [1.165, 1.54) is 65.0 Å². The fourth-order valence-electron chi connectivity index (χ4n) is 6.72.